The third-order valence-electron chi connectivity index (χ3n) is 4.04. The minimum Gasteiger partial charge on any atom is -0.340 e. The summed E-state index contributed by atoms with van der Waals surface area (Å²) in [5, 5.41) is 3.64. The molecule has 21 heavy (non-hydrogen) atoms. The minimum absolute atomic E-state index is 0.308. The van der Waals surface area contributed by atoms with Gasteiger partial charge in [-0.05, 0) is 42.2 Å². The molecule has 0 saturated heterocycles. The van der Waals surface area contributed by atoms with Crippen LogP contribution in [0, 0.1) is 0 Å². The molecule has 1 N–H and O–H groups in total. The van der Waals surface area contributed by atoms with Gasteiger partial charge in [-0.2, -0.15) is 0 Å². The third-order valence-corrected chi connectivity index (χ3v) is 4.21. The summed E-state index contributed by atoms with van der Waals surface area (Å²) in [5.74, 6) is 1.16. The van der Waals surface area contributed by atoms with E-state index in [2.05, 4.69) is 39.6 Å². The van der Waals surface area contributed by atoms with Gasteiger partial charge in [0.25, 0.3) is 0 Å². The lowest BCUT2D eigenvalue weighted by atomic mass is 9.97. The molecule has 4 heteroatoms. The molecule has 0 bridgehead atoms. The normalized spacial score (nSPS) is 18.9. The van der Waals surface area contributed by atoms with Crippen molar-refractivity contribution in [3.63, 3.8) is 0 Å². The fraction of sp³-hybridized carbons (Fsp3) is 0.176. The summed E-state index contributed by atoms with van der Waals surface area (Å²) in [6.45, 7) is 0. The zero-order valence-electron chi connectivity index (χ0n) is 11.4. The van der Waals surface area contributed by atoms with Crippen molar-refractivity contribution in [3.8, 4) is 0 Å². The molecular weight excluding hydrogens is 282 g/mol. The quantitative estimate of drug-likeness (QED) is 0.867. The molecule has 0 spiro atoms. The van der Waals surface area contributed by atoms with Crippen molar-refractivity contribution < 1.29 is 0 Å². The van der Waals surface area contributed by atoms with Crippen LogP contribution in [0.25, 0.3) is 0 Å². The van der Waals surface area contributed by atoms with Gasteiger partial charge in [0.15, 0.2) is 0 Å². The topological polar surface area (TPSA) is 37.8 Å². The number of nitrogens with zero attached hydrogens (tertiary/aromatic N) is 2. The van der Waals surface area contributed by atoms with Crippen LogP contribution in [-0.4, -0.2) is 9.97 Å². The second-order valence-corrected chi connectivity index (χ2v) is 5.65. The van der Waals surface area contributed by atoms with Crippen LogP contribution in [0.15, 0.2) is 54.3 Å². The van der Waals surface area contributed by atoms with Crippen LogP contribution in [-0.2, 0) is 6.42 Å². The standard InChI is InChI=1S/C17H14ClN3/c18-17-20-15-13(11-5-2-1-3-6-11)9-10-14(15)16(21-17)19-12-7-4-8-12/h1-8,13H,9-10H2,(H,19,20,21). The lowest BCUT2D eigenvalue weighted by molar-refractivity contribution is 0.771. The number of allylic oxidation sites excluding steroid dienone is 3. The van der Waals surface area contributed by atoms with Gasteiger partial charge in [0.1, 0.15) is 5.82 Å². The molecule has 0 fully saturated rings. The third kappa shape index (κ3) is 2.24. The van der Waals surface area contributed by atoms with Crippen LogP contribution in [0.5, 0.6) is 0 Å². The summed E-state index contributed by atoms with van der Waals surface area (Å²) >= 11 is 6.13. The highest BCUT2D eigenvalue weighted by Gasteiger charge is 2.29. The first-order valence-corrected chi connectivity index (χ1v) is 7.46. The maximum absolute atomic E-state index is 6.13. The monoisotopic (exact) mass is 295 g/mol. The molecule has 1 aromatic carbocycles. The van der Waals surface area contributed by atoms with Crippen molar-refractivity contribution in [1.82, 2.24) is 9.97 Å². The second-order valence-electron chi connectivity index (χ2n) is 5.31. The number of rotatable bonds is 3. The molecule has 4 rings (SSSR count). The molecule has 1 heterocycles. The Morgan fingerprint density at radius 3 is 2.67 bits per heavy atom. The first-order valence-electron chi connectivity index (χ1n) is 7.08. The maximum Gasteiger partial charge on any atom is 0.224 e. The number of hydrogen-bond acceptors (Lipinski definition) is 3. The Kier molecular flexibility index (Phi) is 3.00. The number of fused-ring (bicyclic) bond motifs is 1. The Morgan fingerprint density at radius 2 is 1.95 bits per heavy atom. The SMILES string of the molecule is Clc1nc(NC2=CC=C2)c2c(n1)C(c1ccccc1)CC2. The highest BCUT2D eigenvalue weighted by Crippen LogP contribution is 2.40. The number of aromatic nitrogens is 2. The Labute approximate surface area is 128 Å². The first-order chi connectivity index (χ1) is 10.3. The summed E-state index contributed by atoms with van der Waals surface area (Å²) in [5.41, 5.74) is 4.61. The Morgan fingerprint density at radius 1 is 1.14 bits per heavy atom. The van der Waals surface area contributed by atoms with Gasteiger partial charge in [-0.25, -0.2) is 9.97 Å². The molecular formula is C17H14ClN3. The number of hydrogen-bond donors (Lipinski definition) is 1. The summed E-state index contributed by atoms with van der Waals surface area (Å²) in [4.78, 5) is 8.86. The van der Waals surface area contributed by atoms with Crippen LogP contribution in [0.3, 0.4) is 0 Å². The van der Waals surface area contributed by atoms with E-state index in [0.717, 1.165) is 30.1 Å². The van der Waals surface area contributed by atoms with Crippen molar-refractivity contribution in [3.05, 3.63) is 76.4 Å². The fourth-order valence-electron chi connectivity index (χ4n) is 2.96. The van der Waals surface area contributed by atoms with Crippen molar-refractivity contribution in [2.24, 2.45) is 0 Å². The van der Waals surface area contributed by atoms with Crippen molar-refractivity contribution in [2.45, 2.75) is 18.8 Å². The van der Waals surface area contributed by atoms with Gasteiger partial charge >= 0.3 is 0 Å². The molecule has 1 unspecified atom stereocenters. The highest BCUT2D eigenvalue weighted by atomic mass is 35.5. The van der Waals surface area contributed by atoms with Gasteiger partial charge in [-0.15, -0.1) is 0 Å². The molecule has 0 aliphatic heterocycles. The fourth-order valence-corrected chi connectivity index (χ4v) is 3.13. The zero-order valence-corrected chi connectivity index (χ0v) is 12.1. The van der Waals surface area contributed by atoms with E-state index in [0.29, 0.717) is 11.2 Å². The van der Waals surface area contributed by atoms with E-state index in [1.165, 1.54) is 11.1 Å². The maximum atomic E-state index is 6.13. The van der Waals surface area contributed by atoms with Crippen LogP contribution >= 0.6 is 11.6 Å². The molecule has 1 aromatic heterocycles. The first kappa shape index (κ1) is 12.6. The second kappa shape index (κ2) is 5.01. The molecule has 3 nitrogen and oxygen atoms in total. The van der Waals surface area contributed by atoms with E-state index in [-0.39, 0.29) is 0 Å². The summed E-state index contributed by atoms with van der Waals surface area (Å²) in [7, 11) is 0. The van der Waals surface area contributed by atoms with Crippen LogP contribution in [0.1, 0.15) is 29.2 Å². The van der Waals surface area contributed by atoms with Crippen molar-refractivity contribution >= 4 is 17.4 Å². The zero-order chi connectivity index (χ0) is 14.2. The van der Waals surface area contributed by atoms with Gasteiger partial charge in [-0.3, -0.25) is 0 Å². The molecule has 104 valence electrons. The van der Waals surface area contributed by atoms with E-state index in [1.54, 1.807) is 0 Å². The average molecular weight is 296 g/mol. The van der Waals surface area contributed by atoms with Crippen molar-refractivity contribution in [2.75, 3.05) is 5.32 Å². The van der Waals surface area contributed by atoms with E-state index in [4.69, 9.17) is 11.6 Å². The molecule has 0 amide bonds. The van der Waals surface area contributed by atoms with Gasteiger partial charge in [0.05, 0.1) is 5.69 Å². The van der Waals surface area contributed by atoms with Crippen LogP contribution < -0.4 is 5.32 Å². The Bertz CT molecular complexity index is 750. The summed E-state index contributed by atoms with van der Waals surface area (Å²) in [6, 6.07) is 10.5. The minimum atomic E-state index is 0.308. The van der Waals surface area contributed by atoms with Gasteiger partial charge in [-0.1, -0.05) is 36.4 Å². The van der Waals surface area contributed by atoms with E-state index >= 15 is 0 Å². The van der Waals surface area contributed by atoms with E-state index in [9.17, 15) is 0 Å². The largest absolute Gasteiger partial charge is 0.340 e. The summed E-state index contributed by atoms with van der Waals surface area (Å²) in [6.07, 6.45) is 8.07. The summed E-state index contributed by atoms with van der Waals surface area (Å²) < 4.78 is 0. The number of nitrogens with one attached hydrogen (secondary N) is 1. The van der Waals surface area contributed by atoms with Gasteiger partial charge in [0.2, 0.25) is 5.28 Å². The number of anilines is 1. The van der Waals surface area contributed by atoms with Gasteiger partial charge in [0, 0.05) is 17.2 Å². The number of benzene rings is 1. The van der Waals surface area contributed by atoms with E-state index in [1.807, 2.05) is 24.3 Å². The van der Waals surface area contributed by atoms with Crippen molar-refractivity contribution in [1.29, 1.82) is 0 Å². The molecule has 0 radical (unpaired) electrons. The number of halogens is 1. The molecule has 2 aliphatic rings. The molecule has 1 atom stereocenters. The molecule has 0 saturated carbocycles. The molecule has 2 aromatic rings. The lowest BCUT2D eigenvalue weighted by Gasteiger charge is -2.15. The predicted molar refractivity (Wildman–Crippen MR) is 84.5 cm³/mol. The lowest BCUT2D eigenvalue weighted by Crippen LogP contribution is -2.08. The van der Waals surface area contributed by atoms with E-state index < -0.39 is 0 Å². The van der Waals surface area contributed by atoms with Gasteiger partial charge < -0.3 is 5.32 Å². The molecule has 2 aliphatic carbocycles. The highest BCUT2D eigenvalue weighted by molar-refractivity contribution is 6.28. The van der Waals surface area contributed by atoms with Crippen LogP contribution in [0.2, 0.25) is 5.28 Å². The smallest absolute Gasteiger partial charge is 0.224 e. The average Bonchev–Trinajstić information content (AvgIpc) is 2.87. The Hall–Kier alpha value is -2.13. The predicted octanol–water partition coefficient (Wildman–Crippen LogP) is 4.07. The van der Waals surface area contributed by atoms with Crippen LogP contribution in [0.4, 0.5) is 5.82 Å². The Balaban J connectivity index is 1.74.